The van der Waals surface area contributed by atoms with Crippen LogP contribution in [0.1, 0.15) is 43.4 Å². The first-order valence-electron chi connectivity index (χ1n) is 7.45. The number of rotatable bonds is 4. The molecule has 0 fully saturated rings. The summed E-state index contributed by atoms with van der Waals surface area (Å²) < 4.78 is 1.16. The molecule has 0 aliphatic carbocycles. The van der Waals surface area contributed by atoms with Crippen molar-refractivity contribution in [1.82, 2.24) is 0 Å². The van der Waals surface area contributed by atoms with Crippen LogP contribution in [0.15, 0.2) is 53.0 Å². The molecule has 2 rings (SSSR count). The minimum absolute atomic E-state index is 0.194. The minimum atomic E-state index is 0.194. The monoisotopic (exact) mass is 345 g/mol. The number of halogens is 1. The van der Waals surface area contributed by atoms with Crippen molar-refractivity contribution in [3.8, 4) is 0 Å². The maximum absolute atomic E-state index is 6.01. The molecule has 2 aromatic carbocycles. The van der Waals surface area contributed by atoms with Crippen LogP contribution in [0, 0.1) is 0 Å². The molecule has 0 heterocycles. The van der Waals surface area contributed by atoms with Gasteiger partial charge in [0.05, 0.1) is 0 Å². The van der Waals surface area contributed by atoms with E-state index in [1.54, 1.807) is 0 Å². The van der Waals surface area contributed by atoms with E-state index in [4.69, 9.17) is 5.73 Å². The summed E-state index contributed by atoms with van der Waals surface area (Å²) in [7, 11) is 0. The molecule has 1 nitrogen and oxygen atoms in total. The van der Waals surface area contributed by atoms with Gasteiger partial charge in [-0.05, 0) is 41.1 Å². The lowest BCUT2D eigenvalue weighted by Gasteiger charge is -2.21. The van der Waals surface area contributed by atoms with Crippen molar-refractivity contribution in [1.29, 1.82) is 0 Å². The van der Waals surface area contributed by atoms with E-state index < -0.39 is 0 Å². The highest BCUT2D eigenvalue weighted by Crippen LogP contribution is 2.27. The third-order valence-electron chi connectivity index (χ3n) is 3.96. The van der Waals surface area contributed by atoms with Crippen molar-refractivity contribution in [3.63, 3.8) is 0 Å². The molecule has 0 bridgehead atoms. The van der Waals surface area contributed by atoms with Gasteiger partial charge < -0.3 is 5.73 Å². The summed E-state index contributed by atoms with van der Waals surface area (Å²) in [6.45, 7) is 7.38. The average Bonchev–Trinajstić information content (AvgIpc) is 2.46. The molecule has 0 aliphatic heterocycles. The molecule has 0 radical (unpaired) electrons. The zero-order valence-corrected chi connectivity index (χ0v) is 14.7. The number of nitrogens with two attached hydrogens (primary N) is 1. The van der Waals surface area contributed by atoms with Crippen LogP contribution in [-0.2, 0) is 11.8 Å². The minimum Gasteiger partial charge on any atom is -0.330 e. The fraction of sp³-hybridized carbons (Fsp3) is 0.368. The summed E-state index contributed by atoms with van der Waals surface area (Å²) in [5.74, 6) is 0.359. The highest BCUT2D eigenvalue weighted by Gasteiger charge is 2.16. The van der Waals surface area contributed by atoms with Crippen molar-refractivity contribution in [2.24, 2.45) is 5.73 Å². The topological polar surface area (TPSA) is 26.0 Å². The Balaban J connectivity index is 2.20. The van der Waals surface area contributed by atoms with E-state index in [-0.39, 0.29) is 5.41 Å². The van der Waals surface area contributed by atoms with Crippen LogP contribution in [0.5, 0.6) is 0 Å². The second kappa shape index (κ2) is 6.76. The van der Waals surface area contributed by atoms with Crippen LogP contribution >= 0.6 is 15.9 Å². The molecule has 0 spiro atoms. The molecule has 0 saturated carbocycles. The van der Waals surface area contributed by atoms with Gasteiger partial charge in [0.2, 0.25) is 0 Å². The predicted octanol–water partition coefficient (Wildman–Crippen LogP) is 5.03. The second-order valence-corrected chi connectivity index (χ2v) is 7.45. The summed E-state index contributed by atoms with van der Waals surface area (Å²) in [6, 6.07) is 17.3. The fourth-order valence-corrected chi connectivity index (χ4v) is 2.97. The van der Waals surface area contributed by atoms with Gasteiger partial charge >= 0.3 is 0 Å². The number of hydrogen-bond acceptors (Lipinski definition) is 1. The maximum atomic E-state index is 6.01. The molecule has 0 aromatic heterocycles. The largest absolute Gasteiger partial charge is 0.330 e. The van der Waals surface area contributed by atoms with E-state index in [2.05, 4.69) is 79.2 Å². The Bertz CT molecular complexity index is 581. The third kappa shape index (κ3) is 4.18. The Hall–Kier alpha value is -1.12. The Kier molecular flexibility index (Phi) is 5.23. The summed E-state index contributed by atoms with van der Waals surface area (Å²) >= 11 is 3.62. The van der Waals surface area contributed by atoms with Gasteiger partial charge in [-0.15, -0.1) is 0 Å². The van der Waals surface area contributed by atoms with E-state index in [9.17, 15) is 0 Å². The van der Waals surface area contributed by atoms with E-state index in [0.29, 0.717) is 12.5 Å². The van der Waals surface area contributed by atoms with Gasteiger partial charge in [-0.25, -0.2) is 0 Å². The maximum Gasteiger partial charge on any atom is 0.0207 e. The molecule has 2 N–H and O–H groups in total. The SMILES string of the molecule is CC(C)(C)c1ccc(C(CN)Cc2ccccc2Br)cc1. The molecule has 0 saturated heterocycles. The highest BCUT2D eigenvalue weighted by molar-refractivity contribution is 9.10. The lowest BCUT2D eigenvalue weighted by molar-refractivity contribution is 0.589. The summed E-state index contributed by atoms with van der Waals surface area (Å²) in [6.07, 6.45) is 0.965. The van der Waals surface area contributed by atoms with Crippen LogP contribution < -0.4 is 5.73 Å². The molecule has 1 atom stereocenters. The molecule has 2 aromatic rings. The normalized spacial score (nSPS) is 13.2. The van der Waals surface area contributed by atoms with Gasteiger partial charge in [0.1, 0.15) is 0 Å². The Morgan fingerprint density at radius 3 is 2.14 bits per heavy atom. The third-order valence-corrected chi connectivity index (χ3v) is 4.73. The Morgan fingerprint density at radius 2 is 1.62 bits per heavy atom. The summed E-state index contributed by atoms with van der Waals surface area (Å²) in [5, 5.41) is 0. The van der Waals surface area contributed by atoms with Gasteiger partial charge in [0, 0.05) is 10.4 Å². The van der Waals surface area contributed by atoms with Crippen molar-refractivity contribution in [2.45, 2.75) is 38.5 Å². The van der Waals surface area contributed by atoms with Crippen LogP contribution in [0.25, 0.3) is 0 Å². The molecule has 2 heteroatoms. The van der Waals surface area contributed by atoms with Gasteiger partial charge in [-0.2, -0.15) is 0 Å². The van der Waals surface area contributed by atoms with E-state index in [1.165, 1.54) is 16.7 Å². The fourth-order valence-electron chi connectivity index (χ4n) is 2.52. The average molecular weight is 346 g/mol. The molecule has 21 heavy (non-hydrogen) atoms. The molecule has 0 aliphatic rings. The van der Waals surface area contributed by atoms with Gasteiger partial charge in [-0.3, -0.25) is 0 Å². The van der Waals surface area contributed by atoms with Crippen LogP contribution in [0.4, 0.5) is 0 Å². The van der Waals surface area contributed by atoms with Crippen molar-refractivity contribution < 1.29 is 0 Å². The summed E-state index contributed by atoms with van der Waals surface area (Å²) in [5.41, 5.74) is 10.2. The molecule has 0 amide bonds. The Morgan fingerprint density at radius 1 is 1.00 bits per heavy atom. The Labute approximate surface area is 136 Å². The zero-order valence-electron chi connectivity index (χ0n) is 13.1. The number of hydrogen-bond donors (Lipinski definition) is 1. The molecular weight excluding hydrogens is 322 g/mol. The van der Waals surface area contributed by atoms with Crippen molar-refractivity contribution in [2.75, 3.05) is 6.54 Å². The molecular formula is C19H24BrN. The molecule has 1 unspecified atom stereocenters. The van der Waals surface area contributed by atoms with E-state index in [1.807, 2.05) is 6.07 Å². The standard InChI is InChI=1S/C19H24BrN/c1-19(2,3)17-10-8-14(9-11-17)16(13-21)12-15-6-4-5-7-18(15)20/h4-11,16H,12-13,21H2,1-3H3. The second-order valence-electron chi connectivity index (χ2n) is 6.60. The van der Waals surface area contributed by atoms with Crippen molar-refractivity contribution >= 4 is 15.9 Å². The quantitative estimate of drug-likeness (QED) is 0.825. The van der Waals surface area contributed by atoms with Crippen LogP contribution in [0.3, 0.4) is 0 Å². The van der Waals surface area contributed by atoms with Gasteiger partial charge in [0.25, 0.3) is 0 Å². The first-order chi connectivity index (χ1) is 9.91. The van der Waals surface area contributed by atoms with E-state index >= 15 is 0 Å². The van der Waals surface area contributed by atoms with Crippen LogP contribution in [0.2, 0.25) is 0 Å². The molecule has 112 valence electrons. The zero-order chi connectivity index (χ0) is 15.5. The smallest absolute Gasteiger partial charge is 0.0207 e. The first-order valence-corrected chi connectivity index (χ1v) is 8.25. The lowest BCUT2D eigenvalue weighted by Crippen LogP contribution is -2.16. The van der Waals surface area contributed by atoms with Gasteiger partial charge in [-0.1, -0.05) is 79.2 Å². The lowest BCUT2D eigenvalue weighted by atomic mass is 9.84. The summed E-state index contributed by atoms with van der Waals surface area (Å²) in [4.78, 5) is 0. The predicted molar refractivity (Wildman–Crippen MR) is 94.8 cm³/mol. The van der Waals surface area contributed by atoms with E-state index in [0.717, 1.165) is 10.9 Å². The highest BCUT2D eigenvalue weighted by atomic mass is 79.9. The first kappa shape index (κ1) is 16.3. The van der Waals surface area contributed by atoms with Crippen molar-refractivity contribution in [3.05, 3.63) is 69.7 Å². The number of benzene rings is 2. The van der Waals surface area contributed by atoms with Crippen LogP contribution in [-0.4, -0.2) is 6.54 Å². The van der Waals surface area contributed by atoms with Gasteiger partial charge in [0.15, 0.2) is 0 Å².